The number of para-hydroxylation sites is 1. The summed E-state index contributed by atoms with van der Waals surface area (Å²) in [5, 5.41) is 37.2. The van der Waals surface area contributed by atoms with Crippen LogP contribution in [0.15, 0.2) is 54.7 Å². The first kappa shape index (κ1) is 29.1. The Bertz CT molecular complexity index is 1320. The number of aliphatic hydroxyl groups is 1. The summed E-state index contributed by atoms with van der Waals surface area (Å²) in [5.74, 6) is -3.49. The molecular weight excluding hydrogens is 506 g/mol. The summed E-state index contributed by atoms with van der Waals surface area (Å²) in [7, 11) is 0. The number of aromatic nitrogens is 1. The number of nitrogens with two attached hydrogens (primary N) is 1. The summed E-state index contributed by atoms with van der Waals surface area (Å²) in [6.07, 6.45) is 0.488. The van der Waals surface area contributed by atoms with Crippen molar-refractivity contribution >= 4 is 34.6 Å². The van der Waals surface area contributed by atoms with Gasteiger partial charge in [0.1, 0.15) is 23.9 Å². The lowest BCUT2D eigenvalue weighted by molar-refractivity contribution is -0.142. The molecule has 0 aliphatic rings. The molecule has 0 spiro atoms. The quantitative estimate of drug-likeness (QED) is 0.156. The average Bonchev–Trinajstić information content (AvgIpc) is 3.30. The Hall–Kier alpha value is -4.42. The van der Waals surface area contributed by atoms with E-state index in [4.69, 9.17) is 5.73 Å². The number of carbonyl (C=O) groups is 4. The van der Waals surface area contributed by atoms with Gasteiger partial charge in [0.25, 0.3) is 0 Å². The maximum atomic E-state index is 12.8. The van der Waals surface area contributed by atoms with E-state index in [-0.39, 0.29) is 18.6 Å². The van der Waals surface area contributed by atoms with Gasteiger partial charge in [-0.15, -0.1) is 0 Å². The lowest BCUT2D eigenvalue weighted by Gasteiger charge is -2.25. The van der Waals surface area contributed by atoms with Gasteiger partial charge in [0.2, 0.25) is 17.7 Å². The Labute approximate surface area is 224 Å². The number of phenols is 1. The summed E-state index contributed by atoms with van der Waals surface area (Å²) < 4.78 is 0. The first-order valence-corrected chi connectivity index (χ1v) is 12.4. The molecule has 0 saturated heterocycles. The lowest BCUT2D eigenvalue weighted by atomic mass is 10.0. The normalized spacial score (nSPS) is 15.0. The molecule has 0 fully saturated rings. The number of benzene rings is 2. The third kappa shape index (κ3) is 7.79. The molecular formula is C27H33N5O7. The summed E-state index contributed by atoms with van der Waals surface area (Å²) in [6.45, 7) is 2.65. The van der Waals surface area contributed by atoms with Gasteiger partial charge in [-0.2, -0.15) is 0 Å². The summed E-state index contributed by atoms with van der Waals surface area (Å²) in [4.78, 5) is 53.1. The molecule has 0 radical (unpaired) electrons. The van der Waals surface area contributed by atoms with Gasteiger partial charge < -0.3 is 42.0 Å². The number of aromatic amines is 1. The summed E-state index contributed by atoms with van der Waals surface area (Å²) in [6, 6.07) is 8.56. The smallest absolute Gasteiger partial charge is 0.326 e. The van der Waals surface area contributed by atoms with Crippen LogP contribution in [-0.2, 0) is 32.0 Å². The van der Waals surface area contributed by atoms with E-state index in [1.54, 1.807) is 18.3 Å². The van der Waals surface area contributed by atoms with E-state index in [2.05, 4.69) is 20.9 Å². The highest BCUT2D eigenvalue weighted by Gasteiger charge is 2.31. The lowest BCUT2D eigenvalue weighted by Crippen LogP contribution is -2.59. The maximum absolute atomic E-state index is 12.8. The number of hydrogen-bond acceptors (Lipinski definition) is 7. The van der Waals surface area contributed by atoms with Crippen LogP contribution in [0.25, 0.3) is 10.9 Å². The molecule has 12 nitrogen and oxygen atoms in total. The van der Waals surface area contributed by atoms with E-state index >= 15 is 0 Å². The van der Waals surface area contributed by atoms with Crippen LogP contribution in [0.5, 0.6) is 5.75 Å². The predicted octanol–water partition coefficient (Wildman–Crippen LogP) is -0.0743. The van der Waals surface area contributed by atoms with Crippen molar-refractivity contribution in [1.82, 2.24) is 20.9 Å². The fraction of sp³-hybridized carbons (Fsp3) is 0.333. The van der Waals surface area contributed by atoms with Gasteiger partial charge in [-0.05, 0) is 49.6 Å². The monoisotopic (exact) mass is 539 g/mol. The molecule has 0 bridgehead atoms. The minimum Gasteiger partial charge on any atom is -0.508 e. The topological polar surface area (TPSA) is 207 Å². The molecule has 0 aliphatic carbocycles. The number of aromatic hydroxyl groups is 1. The van der Waals surface area contributed by atoms with Gasteiger partial charge in [0.15, 0.2) is 0 Å². The van der Waals surface area contributed by atoms with Crippen molar-refractivity contribution in [2.75, 3.05) is 0 Å². The van der Waals surface area contributed by atoms with Gasteiger partial charge >= 0.3 is 5.97 Å². The first-order valence-electron chi connectivity index (χ1n) is 12.4. The van der Waals surface area contributed by atoms with Crippen molar-refractivity contribution in [2.45, 2.75) is 57.0 Å². The summed E-state index contributed by atoms with van der Waals surface area (Å²) in [5.41, 5.74) is 8.16. The maximum Gasteiger partial charge on any atom is 0.326 e. The highest BCUT2D eigenvalue weighted by molar-refractivity contribution is 5.94. The van der Waals surface area contributed by atoms with E-state index < -0.39 is 54.0 Å². The number of hydrogen-bond donors (Lipinski definition) is 8. The fourth-order valence-electron chi connectivity index (χ4n) is 4.03. The van der Waals surface area contributed by atoms with Gasteiger partial charge in [-0.3, -0.25) is 14.4 Å². The number of H-pyrrole nitrogens is 1. The zero-order chi connectivity index (χ0) is 28.7. The van der Waals surface area contributed by atoms with Gasteiger partial charge in [-0.1, -0.05) is 30.3 Å². The van der Waals surface area contributed by atoms with E-state index in [0.29, 0.717) is 11.1 Å². The van der Waals surface area contributed by atoms with Gasteiger partial charge in [-0.25, -0.2) is 4.79 Å². The number of nitrogens with one attached hydrogen (secondary N) is 4. The van der Waals surface area contributed by atoms with Crippen LogP contribution in [0.1, 0.15) is 25.0 Å². The van der Waals surface area contributed by atoms with Gasteiger partial charge in [0, 0.05) is 23.5 Å². The van der Waals surface area contributed by atoms with Crippen LogP contribution in [0, 0.1) is 0 Å². The van der Waals surface area contributed by atoms with Gasteiger partial charge in [0.05, 0.1) is 12.1 Å². The number of aliphatic carboxylic acids is 1. The minimum absolute atomic E-state index is 0.0109. The minimum atomic E-state index is -1.42. The molecule has 5 unspecified atom stereocenters. The Balaban J connectivity index is 1.58. The molecule has 39 heavy (non-hydrogen) atoms. The van der Waals surface area contributed by atoms with Crippen molar-refractivity contribution in [3.05, 3.63) is 65.9 Å². The molecule has 0 saturated carbocycles. The molecule has 3 rings (SSSR count). The third-order valence-corrected chi connectivity index (χ3v) is 6.26. The molecule has 208 valence electrons. The number of rotatable bonds is 12. The standard InChI is InChI=1S/C27H33N5O7/c1-14(24(35)31-22(27(38)39)12-17-13-29-21-6-4-3-5-19(17)21)30-26(37)23(15(2)33)32-25(36)20(28)11-16-7-9-18(34)10-8-16/h3-10,13-15,20,22-23,29,33-34H,11-12,28H2,1-2H3,(H,30,37)(H,31,35)(H,32,36)(H,38,39). The number of carboxylic acids is 1. The van der Waals surface area contributed by atoms with Crippen LogP contribution in [0.4, 0.5) is 0 Å². The number of fused-ring (bicyclic) bond motifs is 1. The Morgan fingerprint density at radius 2 is 1.56 bits per heavy atom. The van der Waals surface area contributed by atoms with Crippen LogP contribution in [-0.4, -0.2) is 74.3 Å². The zero-order valence-electron chi connectivity index (χ0n) is 21.5. The van der Waals surface area contributed by atoms with Crippen LogP contribution in [0.3, 0.4) is 0 Å². The predicted molar refractivity (Wildman–Crippen MR) is 143 cm³/mol. The van der Waals surface area contributed by atoms with E-state index in [1.807, 2.05) is 24.3 Å². The first-order chi connectivity index (χ1) is 18.5. The van der Waals surface area contributed by atoms with Crippen molar-refractivity contribution in [3.8, 4) is 5.75 Å². The number of amides is 3. The molecule has 1 aromatic heterocycles. The van der Waals surface area contributed by atoms with Crippen molar-refractivity contribution < 1.29 is 34.5 Å². The molecule has 3 amide bonds. The average molecular weight is 540 g/mol. The summed E-state index contributed by atoms with van der Waals surface area (Å²) >= 11 is 0. The van der Waals surface area contributed by atoms with Crippen molar-refractivity contribution in [2.24, 2.45) is 5.73 Å². The second-order valence-electron chi connectivity index (χ2n) is 9.40. The number of aliphatic hydroxyl groups excluding tert-OH is 1. The Kier molecular flexibility index (Phi) is 9.63. The molecule has 12 heteroatoms. The van der Waals surface area contributed by atoms with E-state index in [9.17, 15) is 34.5 Å². The van der Waals surface area contributed by atoms with Crippen LogP contribution < -0.4 is 21.7 Å². The highest BCUT2D eigenvalue weighted by Crippen LogP contribution is 2.19. The molecule has 5 atom stereocenters. The third-order valence-electron chi connectivity index (χ3n) is 6.26. The van der Waals surface area contributed by atoms with Crippen molar-refractivity contribution in [3.63, 3.8) is 0 Å². The Morgan fingerprint density at radius 3 is 2.21 bits per heavy atom. The Morgan fingerprint density at radius 1 is 0.897 bits per heavy atom. The zero-order valence-corrected chi connectivity index (χ0v) is 21.5. The molecule has 1 heterocycles. The number of phenolic OH excluding ortho intramolecular Hbond substituents is 1. The number of carboxylic acid groups (broad SMARTS) is 1. The fourth-order valence-corrected chi connectivity index (χ4v) is 4.03. The molecule has 3 aromatic rings. The van der Waals surface area contributed by atoms with E-state index in [0.717, 1.165) is 10.9 Å². The van der Waals surface area contributed by atoms with E-state index in [1.165, 1.54) is 26.0 Å². The van der Waals surface area contributed by atoms with Crippen LogP contribution >= 0.6 is 0 Å². The van der Waals surface area contributed by atoms with Crippen molar-refractivity contribution in [1.29, 1.82) is 0 Å². The molecule has 9 N–H and O–H groups in total. The number of carbonyl (C=O) groups excluding carboxylic acids is 3. The second-order valence-corrected chi connectivity index (χ2v) is 9.40. The second kappa shape index (κ2) is 12.9. The highest BCUT2D eigenvalue weighted by atomic mass is 16.4. The largest absolute Gasteiger partial charge is 0.508 e. The molecule has 2 aromatic carbocycles. The molecule has 0 aliphatic heterocycles. The van der Waals surface area contributed by atoms with Crippen LogP contribution in [0.2, 0.25) is 0 Å². The SMILES string of the molecule is CC(NC(=O)C(NC(=O)C(N)Cc1ccc(O)cc1)C(C)O)C(=O)NC(Cc1c[nH]c2ccccc12)C(=O)O.